The number of hydrogen-bond acceptors (Lipinski definition) is 1. The molecule has 0 N–H and O–H groups in total. The van der Waals surface area contributed by atoms with E-state index in [1.54, 1.807) is 6.07 Å². The molecule has 1 heterocycles. The minimum Gasteiger partial charge on any atom is -0.295 e. The lowest BCUT2D eigenvalue weighted by Gasteiger charge is -2.08. The Morgan fingerprint density at radius 2 is 1.95 bits per heavy atom. The van der Waals surface area contributed by atoms with Crippen LogP contribution in [0.15, 0.2) is 42.5 Å². The highest BCUT2D eigenvalue weighted by atomic mass is 35.5. The average molecular weight is 295 g/mol. The van der Waals surface area contributed by atoms with Gasteiger partial charge >= 0.3 is 0 Å². The summed E-state index contributed by atoms with van der Waals surface area (Å²) in [5.74, 6) is 0.459. The first-order valence-electron chi connectivity index (χ1n) is 5.68. The third-order valence-electron chi connectivity index (χ3n) is 2.91. The molecule has 0 atom stereocenters. The number of hydrogen-bond donors (Lipinski definition) is 0. The van der Waals surface area contributed by atoms with Crippen molar-refractivity contribution in [2.45, 2.75) is 5.88 Å². The number of para-hydroxylation sites is 2. The highest BCUT2D eigenvalue weighted by Gasteiger charge is 2.12. The molecular formula is C14H9Cl2FN2. The van der Waals surface area contributed by atoms with Gasteiger partial charge < -0.3 is 0 Å². The van der Waals surface area contributed by atoms with Crippen LogP contribution in [0.25, 0.3) is 16.7 Å². The van der Waals surface area contributed by atoms with Gasteiger partial charge in [0.25, 0.3) is 0 Å². The minimum absolute atomic E-state index is 0.0978. The van der Waals surface area contributed by atoms with E-state index in [1.165, 1.54) is 12.1 Å². The Balaban J connectivity index is 2.31. The maximum Gasteiger partial charge on any atom is 0.143 e. The molecule has 1 aromatic heterocycles. The fourth-order valence-corrected chi connectivity index (χ4v) is 2.37. The maximum absolute atomic E-state index is 13.6. The van der Waals surface area contributed by atoms with Crippen LogP contribution in [0.4, 0.5) is 4.39 Å². The van der Waals surface area contributed by atoms with Gasteiger partial charge in [-0.1, -0.05) is 23.7 Å². The van der Waals surface area contributed by atoms with Crippen molar-refractivity contribution < 1.29 is 4.39 Å². The van der Waals surface area contributed by atoms with Gasteiger partial charge in [-0.25, -0.2) is 9.37 Å². The van der Waals surface area contributed by atoms with Crippen LogP contribution < -0.4 is 0 Å². The van der Waals surface area contributed by atoms with E-state index in [4.69, 9.17) is 23.2 Å². The number of fused-ring (bicyclic) bond motifs is 1. The fourth-order valence-electron chi connectivity index (χ4n) is 2.08. The van der Waals surface area contributed by atoms with E-state index in [0.717, 1.165) is 11.0 Å². The van der Waals surface area contributed by atoms with Gasteiger partial charge in [0, 0.05) is 0 Å². The lowest BCUT2D eigenvalue weighted by molar-refractivity contribution is 0.627. The normalized spacial score (nSPS) is 11.1. The summed E-state index contributed by atoms with van der Waals surface area (Å²) in [6.07, 6.45) is 0. The summed E-state index contributed by atoms with van der Waals surface area (Å²) in [7, 11) is 0. The molecule has 0 spiro atoms. The van der Waals surface area contributed by atoms with Crippen molar-refractivity contribution in [1.82, 2.24) is 9.55 Å². The van der Waals surface area contributed by atoms with Crippen molar-refractivity contribution in [2.24, 2.45) is 0 Å². The fraction of sp³-hybridized carbons (Fsp3) is 0.0714. The summed E-state index contributed by atoms with van der Waals surface area (Å²) in [6, 6.07) is 12.3. The minimum atomic E-state index is -0.461. The third-order valence-corrected chi connectivity index (χ3v) is 3.46. The van der Waals surface area contributed by atoms with E-state index in [-0.39, 0.29) is 10.9 Å². The van der Waals surface area contributed by atoms with Crippen molar-refractivity contribution in [2.75, 3.05) is 0 Å². The zero-order valence-electron chi connectivity index (χ0n) is 9.78. The quantitative estimate of drug-likeness (QED) is 0.634. The van der Waals surface area contributed by atoms with Gasteiger partial charge in [0.2, 0.25) is 0 Å². The Morgan fingerprint density at radius 1 is 1.16 bits per heavy atom. The van der Waals surface area contributed by atoms with Crippen molar-refractivity contribution in [3.8, 4) is 5.69 Å². The zero-order valence-corrected chi connectivity index (χ0v) is 11.3. The number of benzene rings is 2. The first-order valence-corrected chi connectivity index (χ1v) is 6.59. The predicted molar refractivity (Wildman–Crippen MR) is 75.6 cm³/mol. The molecule has 0 saturated heterocycles. The van der Waals surface area contributed by atoms with Gasteiger partial charge in [0.1, 0.15) is 11.6 Å². The molecule has 0 radical (unpaired) electrons. The van der Waals surface area contributed by atoms with E-state index in [0.29, 0.717) is 11.5 Å². The number of halogens is 3. The van der Waals surface area contributed by atoms with Gasteiger partial charge in [-0.3, -0.25) is 4.57 Å². The lowest BCUT2D eigenvalue weighted by Crippen LogP contribution is -1.99. The molecule has 0 unspecified atom stereocenters. The van der Waals surface area contributed by atoms with Gasteiger partial charge in [-0.2, -0.15) is 0 Å². The van der Waals surface area contributed by atoms with Crippen LogP contribution in [0.2, 0.25) is 5.02 Å². The lowest BCUT2D eigenvalue weighted by atomic mass is 10.2. The van der Waals surface area contributed by atoms with Crippen LogP contribution in [0, 0.1) is 5.82 Å². The molecule has 2 aromatic carbocycles. The molecule has 0 bridgehead atoms. The summed E-state index contributed by atoms with van der Waals surface area (Å²) < 4.78 is 15.4. The predicted octanol–water partition coefficient (Wildman–Crippen LogP) is 4.56. The Bertz CT molecular complexity index is 752. The SMILES string of the molecule is Fc1cc(-n2c(CCl)nc3ccccc32)ccc1Cl. The van der Waals surface area contributed by atoms with E-state index in [1.807, 2.05) is 28.8 Å². The number of rotatable bonds is 2. The van der Waals surface area contributed by atoms with E-state index in [9.17, 15) is 4.39 Å². The number of imidazole rings is 1. The average Bonchev–Trinajstić information content (AvgIpc) is 2.80. The van der Waals surface area contributed by atoms with Crippen LogP contribution >= 0.6 is 23.2 Å². The Kier molecular flexibility index (Phi) is 3.17. The topological polar surface area (TPSA) is 17.8 Å². The van der Waals surface area contributed by atoms with Crippen LogP contribution in [0.3, 0.4) is 0 Å². The second kappa shape index (κ2) is 4.83. The van der Waals surface area contributed by atoms with Crippen LogP contribution in [-0.4, -0.2) is 9.55 Å². The zero-order chi connectivity index (χ0) is 13.4. The molecule has 5 heteroatoms. The molecule has 2 nitrogen and oxygen atoms in total. The summed E-state index contributed by atoms with van der Waals surface area (Å²) in [6.45, 7) is 0. The molecule has 19 heavy (non-hydrogen) atoms. The molecular weight excluding hydrogens is 286 g/mol. The Labute approximate surface area is 119 Å². The second-order valence-electron chi connectivity index (χ2n) is 4.08. The monoisotopic (exact) mass is 294 g/mol. The van der Waals surface area contributed by atoms with Crippen molar-refractivity contribution >= 4 is 34.2 Å². The van der Waals surface area contributed by atoms with Gasteiger partial charge in [-0.15, -0.1) is 11.6 Å². The molecule has 0 saturated carbocycles. The van der Waals surface area contributed by atoms with Gasteiger partial charge in [-0.05, 0) is 30.3 Å². The molecule has 0 fully saturated rings. The van der Waals surface area contributed by atoms with Crippen LogP contribution in [0.5, 0.6) is 0 Å². The summed E-state index contributed by atoms with van der Waals surface area (Å²) in [4.78, 5) is 4.44. The summed E-state index contributed by atoms with van der Waals surface area (Å²) in [5, 5.41) is 0.0978. The third kappa shape index (κ3) is 2.09. The Morgan fingerprint density at radius 3 is 2.68 bits per heavy atom. The number of nitrogens with zero attached hydrogens (tertiary/aromatic N) is 2. The smallest absolute Gasteiger partial charge is 0.143 e. The van der Waals surface area contributed by atoms with Gasteiger partial charge in [0.05, 0.1) is 27.6 Å². The first kappa shape index (κ1) is 12.5. The molecule has 0 aliphatic heterocycles. The van der Waals surface area contributed by atoms with E-state index in [2.05, 4.69) is 4.98 Å². The molecule has 3 aromatic rings. The number of alkyl halides is 1. The van der Waals surface area contributed by atoms with Crippen LogP contribution in [0.1, 0.15) is 5.82 Å². The maximum atomic E-state index is 13.6. The van der Waals surface area contributed by atoms with E-state index < -0.39 is 5.82 Å². The summed E-state index contributed by atoms with van der Waals surface area (Å²) in [5.41, 5.74) is 2.37. The van der Waals surface area contributed by atoms with Crippen molar-refractivity contribution in [3.05, 3.63) is 59.1 Å². The van der Waals surface area contributed by atoms with Crippen LogP contribution in [-0.2, 0) is 5.88 Å². The second-order valence-corrected chi connectivity index (χ2v) is 4.76. The highest BCUT2D eigenvalue weighted by Crippen LogP contribution is 2.25. The molecule has 0 aliphatic carbocycles. The molecule has 0 amide bonds. The van der Waals surface area contributed by atoms with E-state index >= 15 is 0 Å². The van der Waals surface area contributed by atoms with Crippen molar-refractivity contribution in [1.29, 1.82) is 0 Å². The summed E-state index contributed by atoms with van der Waals surface area (Å²) >= 11 is 11.6. The largest absolute Gasteiger partial charge is 0.295 e. The molecule has 96 valence electrons. The van der Waals surface area contributed by atoms with Gasteiger partial charge in [0.15, 0.2) is 0 Å². The number of aromatic nitrogens is 2. The van der Waals surface area contributed by atoms with Crippen molar-refractivity contribution in [3.63, 3.8) is 0 Å². The first-order chi connectivity index (χ1) is 9.20. The molecule has 0 aliphatic rings. The molecule has 3 rings (SSSR count). The Hall–Kier alpha value is -1.58. The highest BCUT2D eigenvalue weighted by molar-refractivity contribution is 6.30. The standard InChI is InChI=1S/C14H9Cl2FN2/c15-8-14-18-12-3-1-2-4-13(12)19(14)9-5-6-10(16)11(17)7-9/h1-7H,8H2.